The lowest BCUT2D eigenvalue weighted by Gasteiger charge is -2.39. The number of hydrogen-bond donors (Lipinski definition) is 0. The number of methoxy groups -OCH3 is 1. The Hall–Kier alpha value is -1.39. The summed E-state index contributed by atoms with van der Waals surface area (Å²) in [5, 5.41) is 0. The van der Waals surface area contributed by atoms with Crippen molar-refractivity contribution in [2.24, 2.45) is 5.92 Å². The molecule has 0 radical (unpaired) electrons. The van der Waals surface area contributed by atoms with Crippen LogP contribution in [0.2, 0.25) is 0 Å². The van der Waals surface area contributed by atoms with Crippen molar-refractivity contribution >= 4 is 5.82 Å². The van der Waals surface area contributed by atoms with Gasteiger partial charge < -0.3 is 9.64 Å². The van der Waals surface area contributed by atoms with Gasteiger partial charge in [0.25, 0.3) is 0 Å². The Labute approximate surface area is 86.7 Å². The SMILES string of the molecule is COc1cccc(N2CC(C(F)F)C2)n1. The quantitative estimate of drug-likeness (QED) is 0.767. The van der Waals surface area contributed by atoms with Crippen LogP contribution in [0.4, 0.5) is 14.6 Å². The van der Waals surface area contributed by atoms with Crippen LogP contribution in [0.3, 0.4) is 0 Å². The third kappa shape index (κ3) is 2.00. The largest absolute Gasteiger partial charge is 0.481 e. The van der Waals surface area contributed by atoms with Crippen LogP contribution in [0.1, 0.15) is 0 Å². The summed E-state index contributed by atoms with van der Waals surface area (Å²) in [5.74, 6) is 0.692. The topological polar surface area (TPSA) is 25.4 Å². The molecule has 0 saturated carbocycles. The first-order valence-corrected chi connectivity index (χ1v) is 4.75. The second kappa shape index (κ2) is 4.00. The van der Waals surface area contributed by atoms with E-state index in [0.29, 0.717) is 24.8 Å². The number of rotatable bonds is 3. The van der Waals surface area contributed by atoms with E-state index in [4.69, 9.17) is 4.74 Å². The Morgan fingerprint density at radius 2 is 2.20 bits per heavy atom. The molecule has 0 aromatic carbocycles. The third-order valence-corrected chi connectivity index (χ3v) is 2.51. The minimum Gasteiger partial charge on any atom is -0.481 e. The van der Waals surface area contributed by atoms with Crippen molar-refractivity contribution in [2.45, 2.75) is 6.43 Å². The first kappa shape index (κ1) is 10.1. The molecule has 1 aromatic rings. The molecular weight excluding hydrogens is 202 g/mol. The summed E-state index contributed by atoms with van der Waals surface area (Å²) in [6.45, 7) is 0.746. The maximum absolute atomic E-state index is 12.2. The van der Waals surface area contributed by atoms with Crippen molar-refractivity contribution in [2.75, 3.05) is 25.1 Å². The first-order chi connectivity index (χ1) is 7.20. The molecule has 0 amide bonds. The summed E-state index contributed by atoms with van der Waals surface area (Å²) < 4.78 is 29.4. The van der Waals surface area contributed by atoms with Crippen LogP contribution in [0.5, 0.6) is 5.88 Å². The summed E-state index contributed by atoms with van der Waals surface area (Å²) >= 11 is 0. The number of pyridine rings is 1. The molecule has 1 saturated heterocycles. The fraction of sp³-hybridized carbons (Fsp3) is 0.500. The Kier molecular flexibility index (Phi) is 2.70. The van der Waals surface area contributed by atoms with Crippen molar-refractivity contribution in [3.8, 4) is 5.88 Å². The monoisotopic (exact) mass is 214 g/mol. The van der Waals surface area contributed by atoms with Crippen molar-refractivity contribution in [3.05, 3.63) is 18.2 Å². The smallest absolute Gasteiger partial charge is 0.244 e. The van der Waals surface area contributed by atoms with Gasteiger partial charge in [-0.15, -0.1) is 0 Å². The van der Waals surface area contributed by atoms with E-state index < -0.39 is 12.3 Å². The summed E-state index contributed by atoms with van der Waals surface area (Å²) in [6.07, 6.45) is -2.23. The molecule has 0 atom stereocenters. The molecule has 1 aliphatic heterocycles. The maximum Gasteiger partial charge on any atom is 0.244 e. The third-order valence-electron chi connectivity index (χ3n) is 2.51. The second-order valence-electron chi connectivity index (χ2n) is 3.54. The molecular formula is C10H12F2N2O. The van der Waals surface area contributed by atoms with E-state index >= 15 is 0 Å². The number of halogens is 2. The Balaban J connectivity index is 2.00. The predicted molar refractivity (Wildman–Crippen MR) is 52.5 cm³/mol. The van der Waals surface area contributed by atoms with Gasteiger partial charge in [0.15, 0.2) is 0 Å². The molecule has 15 heavy (non-hydrogen) atoms. The molecule has 1 aromatic heterocycles. The van der Waals surface area contributed by atoms with Crippen LogP contribution in [-0.4, -0.2) is 31.6 Å². The normalized spacial score (nSPS) is 16.7. The zero-order valence-electron chi connectivity index (χ0n) is 8.36. The highest BCUT2D eigenvalue weighted by molar-refractivity contribution is 5.43. The minimum absolute atomic E-state index is 0.373. The molecule has 82 valence electrons. The molecule has 0 spiro atoms. The van der Waals surface area contributed by atoms with E-state index in [-0.39, 0.29) is 0 Å². The average molecular weight is 214 g/mol. The number of nitrogens with zero attached hydrogens (tertiary/aromatic N) is 2. The molecule has 2 heterocycles. The average Bonchev–Trinajstić information content (AvgIpc) is 2.15. The summed E-state index contributed by atoms with van der Waals surface area (Å²) in [4.78, 5) is 5.98. The van der Waals surface area contributed by atoms with Gasteiger partial charge in [0, 0.05) is 19.2 Å². The minimum atomic E-state index is -2.23. The Morgan fingerprint density at radius 3 is 2.80 bits per heavy atom. The van der Waals surface area contributed by atoms with Gasteiger partial charge >= 0.3 is 0 Å². The first-order valence-electron chi connectivity index (χ1n) is 4.75. The Bertz CT molecular complexity index is 340. The van der Waals surface area contributed by atoms with Crippen LogP contribution in [-0.2, 0) is 0 Å². The number of hydrogen-bond acceptors (Lipinski definition) is 3. The zero-order valence-corrected chi connectivity index (χ0v) is 8.36. The predicted octanol–water partition coefficient (Wildman–Crippen LogP) is 1.79. The van der Waals surface area contributed by atoms with Crippen LogP contribution in [0.25, 0.3) is 0 Å². The van der Waals surface area contributed by atoms with Crippen LogP contribution in [0, 0.1) is 5.92 Å². The van der Waals surface area contributed by atoms with Gasteiger partial charge in [-0.1, -0.05) is 6.07 Å². The number of alkyl halides is 2. The highest BCUT2D eigenvalue weighted by Crippen LogP contribution is 2.27. The molecule has 0 bridgehead atoms. The van der Waals surface area contributed by atoms with E-state index in [1.807, 2.05) is 4.90 Å². The van der Waals surface area contributed by atoms with Crippen LogP contribution >= 0.6 is 0 Å². The van der Waals surface area contributed by atoms with Gasteiger partial charge in [0.2, 0.25) is 12.3 Å². The van der Waals surface area contributed by atoms with E-state index in [1.165, 1.54) is 7.11 Å². The molecule has 0 N–H and O–H groups in total. The number of ether oxygens (including phenoxy) is 1. The fourth-order valence-corrected chi connectivity index (χ4v) is 1.55. The van der Waals surface area contributed by atoms with Crippen LogP contribution in [0.15, 0.2) is 18.2 Å². The molecule has 3 nitrogen and oxygen atoms in total. The van der Waals surface area contributed by atoms with Crippen molar-refractivity contribution in [1.29, 1.82) is 0 Å². The summed E-state index contributed by atoms with van der Waals surface area (Å²) in [7, 11) is 1.53. The van der Waals surface area contributed by atoms with Gasteiger partial charge in [-0.25, -0.2) is 8.78 Å². The van der Waals surface area contributed by atoms with Crippen molar-refractivity contribution in [3.63, 3.8) is 0 Å². The lowest BCUT2D eigenvalue weighted by molar-refractivity contribution is 0.0611. The summed E-state index contributed by atoms with van der Waals surface area (Å²) in [5.41, 5.74) is 0. The van der Waals surface area contributed by atoms with E-state index in [9.17, 15) is 8.78 Å². The Morgan fingerprint density at radius 1 is 1.47 bits per heavy atom. The van der Waals surface area contributed by atoms with Crippen molar-refractivity contribution in [1.82, 2.24) is 4.98 Å². The highest BCUT2D eigenvalue weighted by Gasteiger charge is 2.34. The lowest BCUT2D eigenvalue weighted by Crippen LogP contribution is -2.50. The molecule has 0 aliphatic carbocycles. The molecule has 1 fully saturated rings. The molecule has 1 aliphatic rings. The molecule has 0 unspecified atom stereocenters. The second-order valence-corrected chi connectivity index (χ2v) is 3.54. The molecule has 5 heteroatoms. The summed E-state index contributed by atoms with van der Waals surface area (Å²) in [6, 6.07) is 5.33. The van der Waals surface area contributed by atoms with Gasteiger partial charge in [-0.05, 0) is 6.07 Å². The van der Waals surface area contributed by atoms with Gasteiger partial charge in [-0.2, -0.15) is 4.98 Å². The maximum atomic E-state index is 12.2. The molecule has 2 rings (SSSR count). The van der Waals surface area contributed by atoms with E-state index in [1.54, 1.807) is 18.2 Å². The van der Waals surface area contributed by atoms with E-state index in [2.05, 4.69) is 4.98 Å². The fourth-order valence-electron chi connectivity index (χ4n) is 1.55. The number of aromatic nitrogens is 1. The van der Waals surface area contributed by atoms with Gasteiger partial charge in [0.05, 0.1) is 13.0 Å². The van der Waals surface area contributed by atoms with Gasteiger partial charge in [-0.3, -0.25) is 0 Å². The lowest BCUT2D eigenvalue weighted by atomic mass is 10.0. The van der Waals surface area contributed by atoms with E-state index in [0.717, 1.165) is 0 Å². The number of anilines is 1. The van der Waals surface area contributed by atoms with Crippen LogP contribution < -0.4 is 9.64 Å². The zero-order chi connectivity index (χ0) is 10.8. The van der Waals surface area contributed by atoms with Gasteiger partial charge in [0.1, 0.15) is 5.82 Å². The van der Waals surface area contributed by atoms with Crippen molar-refractivity contribution < 1.29 is 13.5 Å². The highest BCUT2D eigenvalue weighted by atomic mass is 19.3. The standard InChI is InChI=1S/C10H12F2N2O/c1-15-9-4-2-3-8(13-9)14-5-7(6-14)10(11)12/h2-4,7,10H,5-6H2,1H3.